The van der Waals surface area contributed by atoms with E-state index in [4.69, 9.17) is 9.47 Å². The molecule has 1 atom stereocenters. The Morgan fingerprint density at radius 3 is 2.54 bits per heavy atom. The van der Waals surface area contributed by atoms with Crippen LogP contribution in [0.2, 0.25) is 0 Å². The first-order valence-corrected chi connectivity index (χ1v) is 13.9. The summed E-state index contributed by atoms with van der Waals surface area (Å²) < 4.78 is 11.2. The number of nitrogens with one attached hydrogen (secondary N) is 2. The molecule has 3 aromatic rings. The maximum atomic E-state index is 12.6. The van der Waals surface area contributed by atoms with Crippen molar-refractivity contribution >= 4 is 62.2 Å². The second-order valence-electron chi connectivity index (χ2n) is 8.87. The number of nitrogens with zero attached hydrogens (tertiary/aromatic N) is 1. The van der Waals surface area contributed by atoms with E-state index >= 15 is 0 Å². The molecule has 1 aliphatic rings. The molecule has 2 aromatic carbocycles. The van der Waals surface area contributed by atoms with Crippen LogP contribution >= 0.6 is 27.3 Å². The second kappa shape index (κ2) is 12.8. The number of hydrazone groups is 1. The van der Waals surface area contributed by atoms with Crippen molar-refractivity contribution in [3.63, 3.8) is 0 Å². The molecule has 1 heterocycles. The molecular formula is C28H26BrN3O6S. The number of fused-ring (bicyclic) bond motifs is 1. The van der Waals surface area contributed by atoms with Crippen LogP contribution < -0.4 is 15.5 Å². The first-order chi connectivity index (χ1) is 18.8. The maximum Gasteiger partial charge on any atom is 0.344 e. The van der Waals surface area contributed by atoms with E-state index in [2.05, 4.69) is 38.7 Å². The van der Waals surface area contributed by atoms with Crippen molar-refractivity contribution in [2.75, 3.05) is 11.9 Å². The standard InChI is InChI=1S/C28H26BrN3O6S/c1-3-37-28(36)23-20-13-8-16(2)14-22(20)39-26(23)31-24(33)25(34)32-30-15-17-9-11-18(12-10-17)38-27(35)19-6-4-5-7-21(19)29/h4-7,9-12,15-16H,3,8,13-14H2,1-2H3,(H,31,33)(H,32,34)/b30-15-/t16-/m1/s1. The third kappa shape index (κ3) is 6.98. The summed E-state index contributed by atoms with van der Waals surface area (Å²) in [6.07, 6.45) is 3.81. The number of halogens is 1. The number of hydrogen-bond donors (Lipinski definition) is 2. The number of anilines is 1. The largest absolute Gasteiger partial charge is 0.462 e. The lowest BCUT2D eigenvalue weighted by molar-refractivity contribution is -0.136. The Morgan fingerprint density at radius 2 is 1.82 bits per heavy atom. The minimum atomic E-state index is -0.986. The topological polar surface area (TPSA) is 123 Å². The number of carbonyl (C=O) groups excluding carboxylic acids is 4. The zero-order chi connectivity index (χ0) is 27.9. The summed E-state index contributed by atoms with van der Waals surface area (Å²) in [4.78, 5) is 50.9. The van der Waals surface area contributed by atoms with Gasteiger partial charge < -0.3 is 14.8 Å². The molecule has 0 radical (unpaired) electrons. The summed E-state index contributed by atoms with van der Waals surface area (Å²) >= 11 is 4.62. The Bertz CT molecular complexity index is 1430. The van der Waals surface area contributed by atoms with Gasteiger partial charge in [-0.25, -0.2) is 15.0 Å². The van der Waals surface area contributed by atoms with Gasteiger partial charge >= 0.3 is 23.8 Å². The van der Waals surface area contributed by atoms with Crippen molar-refractivity contribution < 1.29 is 28.7 Å². The quantitative estimate of drug-likeness (QED) is 0.126. The van der Waals surface area contributed by atoms with E-state index in [9.17, 15) is 19.2 Å². The van der Waals surface area contributed by atoms with Crippen molar-refractivity contribution in [1.29, 1.82) is 0 Å². The normalized spacial score (nSPS) is 14.4. The average molecular weight is 613 g/mol. The molecule has 0 bridgehead atoms. The van der Waals surface area contributed by atoms with Gasteiger partial charge in [0.25, 0.3) is 0 Å². The van der Waals surface area contributed by atoms with Gasteiger partial charge in [-0.15, -0.1) is 11.3 Å². The molecule has 2 amide bonds. The summed E-state index contributed by atoms with van der Waals surface area (Å²) in [7, 11) is 0. The van der Waals surface area contributed by atoms with Crippen molar-refractivity contribution in [2.24, 2.45) is 11.0 Å². The molecule has 202 valence electrons. The van der Waals surface area contributed by atoms with E-state index in [0.717, 1.165) is 29.7 Å². The number of esters is 2. The SMILES string of the molecule is CCOC(=O)c1c(NC(=O)C(=O)N/N=C\c2ccc(OC(=O)c3ccccc3Br)cc2)sc2c1CC[C@@H](C)C2. The molecule has 0 unspecified atom stereocenters. The van der Waals surface area contributed by atoms with Crippen molar-refractivity contribution in [1.82, 2.24) is 5.43 Å². The third-order valence-corrected chi connectivity index (χ3v) is 7.85. The van der Waals surface area contributed by atoms with Gasteiger partial charge in [0.05, 0.1) is 23.9 Å². The molecule has 1 aromatic heterocycles. The third-order valence-electron chi connectivity index (χ3n) is 5.99. The molecule has 4 rings (SSSR count). The maximum absolute atomic E-state index is 12.6. The Morgan fingerprint density at radius 1 is 1.08 bits per heavy atom. The molecule has 0 spiro atoms. The number of carbonyl (C=O) groups is 4. The molecular weight excluding hydrogens is 586 g/mol. The number of rotatable bonds is 7. The number of thiophene rings is 1. The van der Waals surface area contributed by atoms with Crippen LogP contribution in [-0.2, 0) is 27.2 Å². The summed E-state index contributed by atoms with van der Waals surface area (Å²) in [5.74, 6) is -2.14. The van der Waals surface area contributed by atoms with E-state index in [-0.39, 0.29) is 6.61 Å². The van der Waals surface area contributed by atoms with Crippen LogP contribution in [0.3, 0.4) is 0 Å². The van der Waals surface area contributed by atoms with Gasteiger partial charge in [-0.05, 0) is 95.6 Å². The van der Waals surface area contributed by atoms with Crippen LogP contribution in [0.1, 0.15) is 57.0 Å². The smallest absolute Gasteiger partial charge is 0.344 e. The molecule has 11 heteroatoms. The van der Waals surface area contributed by atoms with Gasteiger partial charge in [-0.2, -0.15) is 5.10 Å². The number of hydrogen-bond acceptors (Lipinski definition) is 8. The van der Waals surface area contributed by atoms with E-state index in [1.807, 2.05) is 0 Å². The first-order valence-electron chi connectivity index (χ1n) is 12.3. The molecule has 9 nitrogen and oxygen atoms in total. The lowest BCUT2D eigenvalue weighted by atomic mass is 9.88. The molecule has 0 aliphatic heterocycles. The fourth-order valence-electron chi connectivity index (χ4n) is 4.04. The molecule has 0 saturated carbocycles. The number of amides is 2. The summed E-state index contributed by atoms with van der Waals surface area (Å²) in [6, 6.07) is 13.4. The molecule has 0 saturated heterocycles. The van der Waals surface area contributed by atoms with Gasteiger partial charge in [-0.3, -0.25) is 9.59 Å². The first kappa shape index (κ1) is 28.2. The van der Waals surface area contributed by atoms with E-state index < -0.39 is 23.8 Å². The van der Waals surface area contributed by atoms with Crippen LogP contribution in [0.5, 0.6) is 5.75 Å². The lowest BCUT2D eigenvalue weighted by Gasteiger charge is -2.18. The van der Waals surface area contributed by atoms with Crippen LogP contribution in [0.15, 0.2) is 58.1 Å². The Hall–Kier alpha value is -3.83. The molecule has 0 fully saturated rings. The molecule has 2 N–H and O–H groups in total. The van der Waals surface area contributed by atoms with Crippen molar-refractivity contribution in [2.45, 2.75) is 33.1 Å². The number of ether oxygens (including phenoxy) is 2. The Labute approximate surface area is 237 Å². The van der Waals surface area contributed by atoms with Gasteiger partial charge in [0.15, 0.2) is 0 Å². The van der Waals surface area contributed by atoms with Crippen LogP contribution in [0.4, 0.5) is 5.00 Å². The van der Waals surface area contributed by atoms with Gasteiger partial charge in [0, 0.05) is 9.35 Å². The van der Waals surface area contributed by atoms with Gasteiger partial charge in [0.1, 0.15) is 10.8 Å². The minimum absolute atomic E-state index is 0.205. The highest BCUT2D eigenvalue weighted by molar-refractivity contribution is 9.10. The Balaban J connectivity index is 1.35. The average Bonchev–Trinajstić information content (AvgIpc) is 3.26. The highest BCUT2D eigenvalue weighted by Gasteiger charge is 2.30. The monoisotopic (exact) mass is 611 g/mol. The molecule has 39 heavy (non-hydrogen) atoms. The highest BCUT2D eigenvalue weighted by Crippen LogP contribution is 2.40. The zero-order valence-corrected chi connectivity index (χ0v) is 23.7. The van der Waals surface area contributed by atoms with E-state index in [1.54, 1.807) is 55.5 Å². The summed E-state index contributed by atoms with van der Waals surface area (Å²) in [5, 5.41) is 6.69. The van der Waals surface area contributed by atoms with Crippen LogP contribution in [-0.4, -0.2) is 36.6 Å². The van der Waals surface area contributed by atoms with E-state index in [0.29, 0.717) is 37.8 Å². The van der Waals surface area contributed by atoms with Crippen LogP contribution in [0.25, 0.3) is 0 Å². The van der Waals surface area contributed by atoms with Gasteiger partial charge in [0.2, 0.25) is 0 Å². The van der Waals surface area contributed by atoms with Gasteiger partial charge in [-0.1, -0.05) is 19.1 Å². The molecule has 1 aliphatic carbocycles. The highest BCUT2D eigenvalue weighted by atomic mass is 79.9. The predicted octanol–water partition coefficient (Wildman–Crippen LogP) is 5.12. The minimum Gasteiger partial charge on any atom is -0.462 e. The fourth-order valence-corrected chi connectivity index (χ4v) is 5.89. The lowest BCUT2D eigenvalue weighted by Crippen LogP contribution is -2.32. The summed E-state index contributed by atoms with van der Waals surface area (Å²) in [6.45, 7) is 4.06. The second-order valence-corrected chi connectivity index (χ2v) is 10.8. The summed E-state index contributed by atoms with van der Waals surface area (Å²) in [5.41, 5.74) is 4.39. The van der Waals surface area contributed by atoms with Crippen molar-refractivity contribution in [3.8, 4) is 5.75 Å². The number of benzene rings is 2. The predicted molar refractivity (Wildman–Crippen MR) is 151 cm³/mol. The van der Waals surface area contributed by atoms with Crippen LogP contribution in [0, 0.1) is 5.92 Å². The van der Waals surface area contributed by atoms with E-state index in [1.165, 1.54) is 17.6 Å². The van der Waals surface area contributed by atoms with Crippen molar-refractivity contribution in [3.05, 3.63) is 80.1 Å². The Kier molecular flexibility index (Phi) is 9.26. The fraction of sp³-hybridized carbons (Fsp3) is 0.250. The zero-order valence-electron chi connectivity index (χ0n) is 21.3.